The maximum absolute atomic E-state index is 13.7. The molecule has 2 unspecified atom stereocenters. The Kier molecular flexibility index (Phi) is 5.60. The van der Waals surface area contributed by atoms with Crippen LogP contribution in [0.2, 0.25) is 0 Å². The molecule has 2 aromatic rings. The predicted molar refractivity (Wildman–Crippen MR) is 118 cm³/mol. The molecular formula is C24H29N3O4. The van der Waals surface area contributed by atoms with Gasteiger partial charge in [0.15, 0.2) is 0 Å². The molecule has 4 heterocycles. The average Bonchev–Trinajstić information content (AvgIpc) is 2.98. The molecular weight excluding hydrogens is 394 g/mol. The quantitative estimate of drug-likeness (QED) is 0.548. The van der Waals surface area contributed by atoms with Gasteiger partial charge in [-0.05, 0) is 44.7 Å². The van der Waals surface area contributed by atoms with Crippen LogP contribution in [0.5, 0.6) is 0 Å². The first kappa shape index (κ1) is 21.2. The van der Waals surface area contributed by atoms with E-state index in [1.165, 1.54) is 0 Å². The number of pyridine rings is 1. The molecule has 0 saturated carbocycles. The molecule has 0 aromatic carbocycles. The highest BCUT2D eigenvalue weighted by atomic mass is 16.5. The van der Waals surface area contributed by atoms with E-state index in [1.54, 1.807) is 25.1 Å². The normalized spacial score (nSPS) is 19.6. The molecule has 1 saturated heterocycles. The maximum Gasteiger partial charge on any atom is 0.355 e. The number of piperidine rings is 1. The summed E-state index contributed by atoms with van der Waals surface area (Å²) in [6.07, 6.45) is 2.69. The summed E-state index contributed by atoms with van der Waals surface area (Å²) >= 11 is 0. The first-order chi connectivity index (χ1) is 14.9. The second-order valence-corrected chi connectivity index (χ2v) is 8.46. The molecule has 31 heavy (non-hydrogen) atoms. The van der Waals surface area contributed by atoms with Gasteiger partial charge in [0.25, 0.3) is 11.5 Å². The Labute approximate surface area is 181 Å². The molecule has 2 aliphatic heterocycles. The van der Waals surface area contributed by atoms with Crippen LogP contribution in [-0.4, -0.2) is 45.6 Å². The summed E-state index contributed by atoms with van der Waals surface area (Å²) in [4.78, 5) is 40.4. The zero-order chi connectivity index (χ0) is 22.3. The number of carbonyl (C=O) groups is 2. The van der Waals surface area contributed by atoms with Crippen molar-refractivity contribution in [2.24, 2.45) is 5.92 Å². The van der Waals surface area contributed by atoms with E-state index in [4.69, 9.17) is 4.74 Å². The van der Waals surface area contributed by atoms with Crippen LogP contribution >= 0.6 is 0 Å². The third kappa shape index (κ3) is 3.52. The van der Waals surface area contributed by atoms with Gasteiger partial charge in [-0.3, -0.25) is 9.59 Å². The molecule has 2 aromatic heterocycles. The molecule has 1 fully saturated rings. The number of ether oxygens (including phenoxy) is 1. The van der Waals surface area contributed by atoms with E-state index in [0.29, 0.717) is 43.0 Å². The fourth-order valence-corrected chi connectivity index (χ4v) is 5.25. The average molecular weight is 424 g/mol. The molecule has 0 spiro atoms. The molecule has 2 atom stereocenters. The van der Waals surface area contributed by atoms with Crippen molar-refractivity contribution < 1.29 is 14.3 Å². The topological polar surface area (TPSA) is 73.5 Å². The van der Waals surface area contributed by atoms with Gasteiger partial charge in [-0.25, -0.2) is 4.79 Å². The number of amides is 1. The summed E-state index contributed by atoms with van der Waals surface area (Å²) in [5.74, 6) is -0.0981. The Morgan fingerprint density at radius 2 is 2.00 bits per heavy atom. The van der Waals surface area contributed by atoms with Crippen LogP contribution < -0.4 is 5.56 Å². The smallest absolute Gasteiger partial charge is 0.355 e. The van der Waals surface area contributed by atoms with E-state index in [9.17, 15) is 14.4 Å². The van der Waals surface area contributed by atoms with Crippen molar-refractivity contribution in [2.45, 2.75) is 46.2 Å². The lowest BCUT2D eigenvalue weighted by molar-refractivity contribution is 0.0513. The third-order valence-electron chi connectivity index (χ3n) is 6.53. The van der Waals surface area contributed by atoms with E-state index in [1.807, 2.05) is 33.9 Å². The Morgan fingerprint density at radius 3 is 2.71 bits per heavy atom. The molecule has 2 bridgehead atoms. The molecule has 1 amide bonds. The number of hydrogen-bond donors (Lipinski definition) is 0. The number of rotatable bonds is 5. The van der Waals surface area contributed by atoms with Crippen LogP contribution in [0, 0.1) is 19.8 Å². The van der Waals surface area contributed by atoms with Gasteiger partial charge in [-0.2, -0.15) is 0 Å². The zero-order valence-corrected chi connectivity index (χ0v) is 18.4. The van der Waals surface area contributed by atoms with Crippen molar-refractivity contribution in [1.82, 2.24) is 14.0 Å². The summed E-state index contributed by atoms with van der Waals surface area (Å²) in [6.45, 7) is 11.7. The van der Waals surface area contributed by atoms with Gasteiger partial charge < -0.3 is 18.8 Å². The van der Waals surface area contributed by atoms with Crippen LogP contribution in [0.15, 0.2) is 35.6 Å². The first-order valence-corrected chi connectivity index (χ1v) is 10.8. The van der Waals surface area contributed by atoms with Crippen LogP contribution in [-0.2, 0) is 17.8 Å². The number of hydrogen-bond acceptors (Lipinski definition) is 4. The van der Waals surface area contributed by atoms with Gasteiger partial charge in [0.2, 0.25) is 0 Å². The van der Waals surface area contributed by atoms with Crippen LogP contribution in [0.3, 0.4) is 0 Å². The van der Waals surface area contributed by atoms with E-state index >= 15 is 0 Å². The lowest BCUT2D eigenvalue weighted by Crippen LogP contribution is -2.49. The van der Waals surface area contributed by atoms with Crippen molar-refractivity contribution in [3.63, 3.8) is 0 Å². The molecule has 7 nitrogen and oxygen atoms in total. The molecule has 2 aliphatic rings. The Balaban J connectivity index is 1.69. The fourth-order valence-electron chi connectivity index (χ4n) is 5.25. The highest BCUT2D eigenvalue weighted by Crippen LogP contribution is 2.36. The number of nitrogens with zero attached hydrogens (tertiary/aromatic N) is 3. The fraction of sp³-hybridized carbons (Fsp3) is 0.458. The van der Waals surface area contributed by atoms with Gasteiger partial charge >= 0.3 is 5.97 Å². The van der Waals surface area contributed by atoms with Crippen molar-refractivity contribution in [3.05, 3.63) is 69.4 Å². The van der Waals surface area contributed by atoms with Crippen LogP contribution in [0.1, 0.15) is 57.1 Å². The summed E-state index contributed by atoms with van der Waals surface area (Å²) < 4.78 is 8.92. The van der Waals surface area contributed by atoms with Gasteiger partial charge in [0.1, 0.15) is 5.69 Å². The number of esters is 1. The van der Waals surface area contributed by atoms with Crippen molar-refractivity contribution in [2.75, 3.05) is 19.7 Å². The van der Waals surface area contributed by atoms with Crippen molar-refractivity contribution in [3.8, 4) is 0 Å². The van der Waals surface area contributed by atoms with Crippen molar-refractivity contribution in [1.29, 1.82) is 0 Å². The summed E-state index contributed by atoms with van der Waals surface area (Å²) in [6, 6.07) is 5.39. The third-order valence-corrected chi connectivity index (χ3v) is 6.53. The van der Waals surface area contributed by atoms with Gasteiger partial charge in [0.05, 0.1) is 12.2 Å². The molecule has 7 heteroatoms. The molecule has 0 N–H and O–H groups in total. The minimum Gasteiger partial charge on any atom is -0.461 e. The lowest BCUT2D eigenvalue weighted by Gasteiger charge is -2.42. The lowest BCUT2D eigenvalue weighted by atomic mass is 9.83. The zero-order valence-electron chi connectivity index (χ0n) is 18.4. The van der Waals surface area contributed by atoms with E-state index < -0.39 is 5.97 Å². The van der Waals surface area contributed by atoms with Crippen molar-refractivity contribution >= 4 is 11.9 Å². The Bertz CT molecular complexity index is 1110. The highest BCUT2D eigenvalue weighted by molar-refractivity contribution is 6.01. The Hall–Kier alpha value is -3.09. The van der Waals surface area contributed by atoms with Crippen LogP contribution in [0.25, 0.3) is 0 Å². The van der Waals surface area contributed by atoms with E-state index in [2.05, 4.69) is 6.58 Å². The minimum atomic E-state index is -0.423. The maximum atomic E-state index is 13.7. The SMILES string of the molecule is C=CCn1c(C)c(C(=O)N2CC3CC(C2)c2cccc(=O)n2C3)c(C)c1C(=O)OCC. The molecule has 164 valence electrons. The molecule has 4 rings (SSSR count). The summed E-state index contributed by atoms with van der Waals surface area (Å²) in [7, 11) is 0. The van der Waals surface area contributed by atoms with E-state index in [0.717, 1.165) is 17.8 Å². The predicted octanol–water partition coefficient (Wildman–Crippen LogP) is 2.89. The number of allylic oxidation sites excluding steroid dienone is 1. The summed E-state index contributed by atoms with van der Waals surface area (Å²) in [5.41, 5.74) is 3.41. The number of fused-ring (bicyclic) bond motifs is 4. The van der Waals surface area contributed by atoms with E-state index in [-0.39, 0.29) is 29.9 Å². The van der Waals surface area contributed by atoms with Crippen LogP contribution in [0.4, 0.5) is 0 Å². The number of carbonyl (C=O) groups excluding carboxylic acids is 2. The monoisotopic (exact) mass is 423 g/mol. The number of likely N-dealkylation sites (tertiary alicyclic amines) is 1. The molecule has 0 radical (unpaired) electrons. The van der Waals surface area contributed by atoms with Gasteiger partial charge in [-0.1, -0.05) is 12.1 Å². The van der Waals surface area contributed by atoms with Gasteiger partial charge in [0, 0.05) is 49.6 Å². The highest BCUT2D eigenvalue weighted by Gasteiger charge is 2.38. The second-order valence-electron chi connectivity index (χ2n) is 8.46. The minimum absolute atomic E-state index is 0.0271. The number of aromatic nitrogens is 2. The largest absolute Gasteiger partial charge is 0.461 e. The molecule has 0 aliphatic carbocycles. The Morgan fingerprint density at radius 1 is 1.23 bits per heavy atom. The second kappa shape index (κ2) is 8.21. The summed E-state index contributed by atoms with van der Waals surface area (Å²) in [5, 5.41) is 0. The standard InChI is InChI=1S/C24H29N3O4/c1-5-10-26-16(4)21(15(3)22(26)24(30)31-6-2)23(29)25-12-17-11-18(14-25)19-8-7-9-20(28)27(19)13-17/h5,7-9,17-18H,1,6,10-14H2,2-4H3. The van der Waals surface area contributed by atoms with Gasteiger partial charge in [-0.15, -0.1) is 6.58 Å². The first-order valence-electron chi connectivity index (χ1n) is 10.8.